The molecule has 26 heavy (non-hydrogen) atoms. The first-order valence-corrected chi connectivity index (χ1v) is 9.41. The lowest BCUT2D eigenvalue weighted by Gasteiger charge is -2.09. The van der Waals surface area contributed by atoms with Gasteiger partial charge in [-0.2, -0.15) is 5.26 Å². The smallest absolute Gasteiger partial charge is 0.262 e. The lowest BCUT2D eigenvalue weighted by atomic mass is 10.1. The number of nitriles is 1. The Morgan fingerprint density at radius 3 is 2.69 bits per heavy atom. The summed E-state index contributed by atoms with van der Waals surface area (Å²) in [6.45, 7) is 0.522. The number of hydrogen-bond donors (Lipinski definition) is 1. The zero-order valence-corrected chi connectivity index (χ0v) is 17.4. The highest BCUT2D eigenvalue weighted by molar-refractivity contribution is 14.1. The van der Waals surface area contributed by atoms with E-state index in [0.717, 1.165) is 9.13 Å². The Morgan fingerprint density at radius 1 is 1.35 bits per heavy atom. The van der Waals surface area contributed by atoms with Crippen molar-refractivity contribution in [3.63, 3.8) is 0 Å². The van der Waals surface area contributed by atoms with Gasteiger partial charge in [0, 0.05) is 6.54 Å². The van der Waals surface area contributed by atoms with Crippen LogP contribution in [0.2, 0.25) is 0 Å². The summed E-state index contributed by atoms with van der Waals surface area (Å²) in [7, 11) is 0. The Morgan fingerprint density at radius 2 is 2.08 bits per heavy atom. The number of terminal acetylenes is 1. The van der Waals surface area contributed by atoms with E-state index in [1.54, 1.807) is 6.07 Å². The van der Waals surface area contributed by atoms with Gasteiger partial charge in [0.25, 0.3) is 5.91 Å². The molecule has 0 aliphatic carbocycles. The fraction of sp³-hybridized carbons (Fsp3) is 0.100. The van der Waals surface area contributed by atoms with Crippen molar-refractivity contribution in [2.75, 3.05) is 6.61 Å². The Labute approximate surface area is 174 Å². The minimum absolute atomic E-state index is 0.0286. The van der Waals surface area contributed by atoms with Crippen molar-refractivity contribution < 1.29 is 9.53 Å². The van der Waals surface area contributed by atoms with Crippen molar-refractivity contribution in [2.45, 2.75) is 6.54 Å². The van der Waals surface area contributed by atoms with E-state index >= 15 is 0 Å². The molecule has 1 N–H and O–H groups in total. The van der Waals surface area contributed by atoms with Gasteiger partial charge in [-0.05, 0) is 67.9 Å². The minimum Gasteiger partial charge on any atom is -0.479 e. The summed E-state index contributed by atoms with van der Waals surface area (Å²) >= 11 is 5.54. The van der Waals surface area contributed by atoms with Crippen LogP contribution in [0.4, 0.5) is 0 Å². The lowest BCUT2D eigenvalue weighted by molar-refractivity contribution is -0.117. The molecule has 0 aliphatic rings. The van der Waals surface area contributed by atoms with Gasteiger partial charge in [0.05, 0.1) is 8.04 Å². The normalized spacial score (nSPS) is 10.5. The van der Waals surface area contributed by atoms with Crippen LogP contribution in [0.3, 0.4) is 0 Å². The third-order valence-electron chi connectivity index (χ3n) is 3.29. The predicted molar refractivity (Wildman–Crippen MR) is 113 cm³/mol. The summed E-state index contributed by atoms with van der Waals surface area (Å²) in [5, 5.41) is 12.1. The van der Waals surface area contributed by atoms with Gasteiger partial charge in [-0.1, -0.05) is 36.3 Å². The monoisotopic (exact) mass is 520 g/mol. The Kier molecular flexibility index (Phi) is 7.71. The predicted octanol–water partition coefficient (Wildman–Crippen LogP) is 4.29. The number of halogens is 2. The number of hydrogen-bond acceptors (Lipinski definition) is 3. The minimum atomic E-state index is -0.421. The maximum Gasteiger partial charge on any atom is 0.262 e. The molecule has 0 aliphatic heterocycles. The molecule has 0 saturated heterocycles. The highest BCUT2D eigenvalue weighted by atomic mass is 127. The number of amides is 1. The SMILES string of the molecule is C#CCOc1c(Br)cc(/C=C(/C#N)C(=O)NCc2ccccc2)cc1I. The van der Waals surface area contributed by atoms with Gasteiger partial charge >= 0.3 is 0 Å². The largest absolute Gasteiger partial charge is 0.479 e. The standard InChI is InChI=1S/C20H14BrIN2O2/c1-2-8-26-19-17(21)10-15(11-18(19)22)9-16(12-23)20(25)24-13-14-6-4-3-5-7-14/h1,3-7,9-11H,8,13H2,(H,24,25)/b16-9-. The molecule has 0 atom stereocenters. The molecule has 0 spiro atoms. The van der Waals surface area contributed by atoms with E-state index < -0.39 is 5.91 Å². The number of nitrogens with zero attached hydrogens (tertiary/aromatic N) is 1. The molecule has 130 valence electrons. The van der Waals surface area contributed by atoms with E-state index in [-0.39, 0.29) is 12.2 Å². The first kappa shape index (κ1) is 20.0. The Bertz CT molecular complexity index is 889. The number of benzene rings is 2. The molecule has 6 heteroatoms. The average molecular weight is 521 g/mol. The summed E-state index contributed by atoms with van der Waals surface area (Å²) in [5.41, 5.74) is 1.70. The zero-order valence-electron chi connectivity index (χ0n) is 13.6. The molecule has 0 saturated carbocycles. The molecule has 0 bridgehead atoms. The summed E-state index contributed by atoms with van der Waals surface area (Å²) in [6.07, 6.45) is 6.75. The van der Waals surface area contributed by atoms with Crippen molar-refractivity contribution in [3.8, 4) is 24.2 Å². The van der Waals surface area contributed by atoms with Crippen LogP contribution in [0.25, 0.3) is 6.08 Å². The summed E-state index contributed by atoms with van der Waals surface area (Å²) < 4.78 is 7.00. The van der Waals surface area contributed by atoms with Gasteiger partial charge in [0.1, 0.15) is 24.0 Å². The molecule has 2 rings (SSSR count). The summed E-state index contributed by atoms with van der Waals surface area (Å²) in [5.74, 6) is 2.63. The molecule has 2 aromatic carbocycles. The van der Waals surface area contributed by atoms with E-state index in [2.05, 4.69) is 49.8 Å². The molecular formula is C20H14BrIN2O2. The number of ether oxygens (including phenoxy) is 1. The Hall–Kier alpha value is -2.29. The van der Waals surface area contributed by atoms with Gasteiger partial charge in [-0.15, -0.1) is 6.42 Å². The van der Waals surface area contributed by atoms with E-state index in [9.17, 15) is 10.1 Å². The first-order valence-electron chi connectivity index (χ1n) is 7.54. The molecule has 0 heterocycles. The lowest BCUT2D eigenvalue weighted by Crippen LogP contribution is -2.23. The van der Waals surface area contributed by atoms with Gasteiger partial charge in [0.2, 0.25) is 0 Å². The molecule has 1 amide bonds. The van der Waals surface area contributed by atoms with E-state index in [1.807, 2.05) is 42.5 Å². The van der Waals surface area contributed by atoms with E-state index in [0.29, 0.717) is 22.3 Å². The molecule has 0 unspecified atom stereocenters. The molecule has 0 radical (unpaired) electrons. The second kappa shape index (κ2) is 10.0. The Balaban J connectivity index is 2.16. The molecule has 4 nitrogen and oxygen atoms in total. The zero-order chi connectivity index (χ0) is 18.9. The molecular weight excluding hydrogens is 507 g/mol. The van der Waals surface area contributed by atoms with Crippen LogP contribution in [-0.2, 0) is 11.3 Å². The second-order valence-corrected chi connectivity index (χ2v) is 7.16. The number of carbonyl (C=O) groups excluding carboxylic acids is 1. The van der Waals surface area contributed by atoms with Crippen LogP contribution >= 0.6 is 38.5 Å². The van der Waals surface area contributed by atoms with Gasteiger partial charge < -0.3 is 10.1 Å². The van der Waals surface area contributed by atoms with Gasteiger partial charge in [-0.25, -0.2) is 0 Å². The van der Waals surface area contributed by atoms with Crippen molar-refractivity contribution in [1.29, 1.82) is 5.26 Å². The maximum absolute atomic E-state index is 12.3. The topological polar surface area (TPSA) is 62.1 Å². The number of rotatable bonds is 6. The van der Waals surface area contributed by atoms with Crippen LogP contribution < -0.4 is 10.1 Å². The first-order chi connectivity index (χ1) is 12.5. The molecule has 0 fully saturated rings. The average Bonchev–Trinajstić information content (AvgIpc) is 2.64. The molecule has 2 aromatic rings. The second-order valence-electron chi connectivity index (χ2n) is 5.14. The van der Waals surface area contributed by atoms with Crippen molar-refractivity contribution in [3.05, 3.63) is 67.2 Å². The van der Waals surface area contributed by atoms with E-state index in [4.69, 9.17) is 11.2 Å². The third-order valence-corrected chi connectivity index (χ3v) is 4.68. The van der Waals surface area contributed by atoms with Crippen LogP contribution in [0, 0.1) is 27.2 Å². The summed E-state index contributed by atoms with van der Waals surface area (Å²) in [4.78, 5) is 12.3. The van der Waals surface area contributed by atoms with Crippen molar-refractivity contribution in [2.24, 2.45) is 0 Å². The quantitative estimate of drug-likeness (QED) is 0.267. The third kappa shape index (κ3) is 5.62. The van der Waals surface area contributed by atoms with Crippen molar-refractivity contribution in [1.82, 2.24) is 5.32 Å². The van der Waals surface area contributed by atoms with E-state index in [1.165, 1.54) is 6.08 Å². The van der Waals surface area contributed by atoms with Crippen LogP contribution in [0.5, 0.6) is 5.75 Å². The highest BCUT2D eigenvalue weighted by Gasteiger charge is 2.12. The number of nitrogens with one attached hydrogen (secondary N) is 1. The van der Waals surface area contributed by atoms with Gasteiger partial charge in [-0.3, -0.25) is 4.79 Å². The maximum atomic E-state index is 12.3. The molecule has 0 aromatic heterocycles. The highest BCUT2D eigenvalue weighted by Crippen LogP contribution is 2.32. The summed E-state index contributed by atoms with van der Waals surface area (Å²) in [6, 6.07) is 15.0. The van der Waals surface area contributed by atoms with Crippen molar-refractivity contribution >= 4 is 50.5 Å². The van der Waals surface area contributed by atoms with Crippen LogP contribution in [0.1, 0.15) is 11.1 Å². The van der Waals surface area contributed by atoms with Crippen LogP contribution in [0.15, 0.2) is 52.5 Å². The fourth-order valence-electron chi connectivity index (χ4n) is 2.10. The fourth-order valence-corrected chi connectivity index (χ4v) is 3.87. The van der Waals surface area contributed by atoms with Crippen LogP contribution in [-0.4, -0.2) is 12.5 Å². The van der Waals surface area contributed by atoms with Gasteiger partial charge in [0.15, 0.2) is 0 Å². The number of carbonyl (C=O) groups is 1.